The number of aryl methyl sites for hydroxylation is 1. The van der Waals surface area contributed by atoms with Crippen LogP contribution in [-0.4, -0.2) is 70.6 Å². The molecule has 0 amide bonds. The predicted molar refractivity (Wildman–Crippen MR) is 98.4 cm³/mol. The molecule has 24 heavy (non-hydrogen) atoms. The van der Waals surface area contributed by atoms with Crippen LogP contribution in [0.3, 0.4) is 0 Å². The Morgan fingerprint density at radius 3 is 2.38 bits per heavy atom. The lowest BCUT2D eigenvalue weighted by molar-refractivity contribution is -0.923. The van der Waals surface area contributed by atoms with Gasteiger partial charge in [0.1, 0.15) is 18.9 Å². The number of likely N-dealkylation sites (N-methyl/N-ethyl adjacent to an activating group) is 1. The second-order valence-corrected chi connectivity index (χ2v) is 8.24. The molecule has 0 aromatic heterocycles. The Hall–Kier alpha value is -1.15. The highest BCUT2D eigenvalue weighted by molar-refractivity contribution is 7.87. The predicted octanol–water partition coefficient (Wildman–Crippen LogP) is 1.63. The maximum atomic E-state index is 11.8. The van der Waals surface area contributed by atoms with E-state index in [4.69, 9.17) is 4.74 Å². The molecule has 1 aromatic carbocycles. The first-order chi connectivity index (χ1) is 11.2. The molecule has 0 bridgehead atoms. The van der Waals surface area contributed by atoms with Gasteiger partial charge in [0.25, 0.3) is 10.2 Å². The quantitative estimate of drug-likeness (QED) is 0.612. The van der Waals surface area contributed by atoms with Crippen LogP contribution in [0.5, 0.6) is 5.75 Å². The molecule has 0 saturated heterocycles. The minimum atomic E-state index is -3.36. The van der Waals surface area contributed by atoms with Crippen LogP contribution in [0.2, 0.25) is 0 Å². The van der Waals surface area contributed by atoms with Gasteiger partial charge in [-0.1, -0.05) is 12.1 Å². The second kappa shape index (κ2) is 9.36. The van der Waals surface area contributed by atoms with Gasteiger partial charge in [-0.05, 0) is 38.5 Å². The van der Waals surface area contributed by atoms with E-state index in [0.717, 1.165) is 36.4 Å². The zero-order valence-electron chi connectivity index (χ0n) is 15.6. The lowest BCUT2D eigenvalue weighted by Crippen LogP contribution is -2.54. The summed E-state index contributed by atoms with van der Waals surface area (Å²) in [6.45, 7) is 10.8. The van der Waals surface area contributed by atoms with E-state index in [-0.39, 0.29) is 0 Å². The summed E-state index contributed by atoms with van der Waals surface area (Å²) >= 11 is 0. The van der Waals surface area contributed by atoms with Gasteiger partial charge in [-0.3, -0.25) is 0 Å². The molecule has 0 heterocycles. The van der Waals surface area contributed by atoms with Crippen molar-refractivity contribution in [2.75, 3.05) is 53.4 Å². The number of nitrogens with one attached hydrogen (secondary N) is 1. The normalized spacial score (nSPS) is 12.6. The molecule has 6 nitrogen and oxygen atoms in total. The minimum Gasteiger partial charge on any atom is -0.488 e. The molecule has 0 fully saturated rings. The average molecular weight is 359 g/mol. The Morgan fingerprint density at radius 1 is 1.17 bits per heavy atom. The van der Waals surface area contributed by atoms with E-state index < -0.39 is 10.2 Å². The monoisotopic (exact) mass is 358 g/mol. The number of rotatable bonds is 11. The zero-order chi connectivity index (χ0) is 18.2. The number of nitrogens with zero attached hydrogens (tertiary/aromatic N) is 2. The van der Waals surface area contributed by atoms with E-state index in [0.29, 0.717) is 13.2 Å². The molecule has 138 valence electrons. The first-order valence-corrected chi connectivity index (χ1v) is 9.90. The van der Waals surface area contributed by atoms with Gasteiger partial charge < -0.3 is 9.22 Å². The Bertz CT molecular complexity index is 599. The summed E-state index contributed by atoms with van der Waals surface area (Å²) in [5.74, 6) is 0.883. The molecule has 0 spiro atoms. The summed E-state index contributed by atoms with van der Waals surface area (Å²) in [6, 6.07) is 8.02. The molecule has 7 heteroatoms. The molecule has 0 aliphatic rings. The molecule has 0 saturated carbocycles. The summed E-state index contributed by atoms with van der Waals surface area (Å²) in [5, 5.41) is 0. The van der Waals surface area contributed by atoms with Gasteiger partial charge in [0, 0.05) is 14.1 Å². The van der Waals surface area contributed by atoms with Crippen LogP contribution in [0.4, 0.5) is 0 Å². The van der Waals surface area contributed by atoms with Crippen LogP contribution in [0.15, 0.2) is 24.3 Å². The smallest absolute Gasteiger partial charge is 0.279 e. The van der Waals surface area contributed by atoms with Crippen molar-refractivity contribution in [2.24, 2.45) is 0 Å². The van der Waals surface area contributed by atoms with Crippen molar-refractivity contribution in [3.63, 3.8) is 0 Å². The largest absolute Gasteiger partial charge is 0.488 e. The van der Waals surface area contributed by atoms with Gasteiger partial charge in [0.2, 0.25) is 0 Å². The first kappa shape index (κ1) is 20.9. The molecule has 0 atom stereocenters. The van der Waals surface area contributed by atoms with Gasteiger partial charge in [0.15, 0.2) is 0 Å². The molecular weight excluding hydrogens is 326 g/mol. The van der Waals surface area contributed by atoms with E-state index in [1.165, 1.54) is 24.0 Å². The zero-order valence-corrected chi connectivity index (χ0v) is 16.4. The lowest BCUT2D eigenvalue weighted by atomic mass is 10.2. The number of hydrogen-bond donors (Lipinski definition) is 1. The van der Waals surface area contributed by atoms with Crippen LogP contribution >= 0.6 is 0 Å². The Morgan fingerprint density at radius 2 is 1.83 bits per heavy atom. The summed E-state index contributed by atoms with van der Waals surface area (Å²) in [5.41, 5.74) is 1.18. The van der Waals surface area contributed by atoms with Crippen molar-refractivity contribution in [3.05, 3.63) is 29.8 Å². The van der Waals surface area contributed by atoms with Crippen LogP contribution in [-0.2, 0) is 10.2 Å². The fraction of sp³-hybridized carbons (Fsp3) is 0.647. The SMILES string of the molecule is CC[N+](CC)(CCNS(=O)(=O)N(C)C)CCOc1cccc(C)c1. The third kappa shape index (κ3) is 6.39. The summed E-state index contributed by atoms with van der Waals surface area (Å²) in [7, 11) is -0.308. The Kier molecular flexibility index (Phi) is 8.15. The van der Waals surface area contributed by atoms with Crippen LogP contribution < -0.4 is 9.46 Å². The lowest BCUT2D eigenvalue weighted by Gasteiger charge is -2.37. The fourth-order valence-corrected chi connectivity index (χ4v) is 3.18. The standard InChI is InChI=1S/C17H32N3O3S/c1-6-20(7-2,12-11-18-24(21,22)19(4)5)13-14-23-17-10-8-9-16(3)15-17/h8-10,15,18H,6-7,11-14H2,1-5H3/q+1. The van der Waals surface area contributed by atoms with Crippen LogP contribution in [0.1, 0.15) is 19.4 Å². The van der Waals surface area contributed by atoms with E-state index in [2.05, 4.69) is 18.6 Å². The number of quaternary nitrogens is 1. The van der Waals surface area contributed by atoms with Crippen LogP contribution in [0.25, 0.3) is 0 Å². The van der Waals surface area contributed by atoms with Crippen molar-refractivity contribution < 1.29 is 17.6 Å². The molecule has 1 rings (SSSR count). The summed E-state index contributed by atoms with van der Waals surface area (Å²) < 4.78 is 34.1. The van der Waals surface area contributed by atoms with E-state index >= 15 is 0 Å². The highest BCUT2D eigenvalue weighted by Gasteiger charge is 2.24. The minimum absolute atomic E-state index is 0.423. The van der Waals surface area contributed by atoms with E-state index in [9.17, 15) is 8.42 Å². The Balaban J connectivity index is 2.55. The molecule has 0 aliphatic heterocycles. The van der Waals surface area contributed by atoms with Gasteiger partial charge >= 0.3 is 0 Å². The number of benzene rings is 1. The maximum Gasteiger partial charge on any atom is 0.279 e. The van der Waals surface area contributed by atoms with Gasteiger partial charge in [-0.15, -0.1) is 0 Å². The van der Waals surface area contributed by atoms with Crippen molar-refractivity contribution in [1.82, 2.24) is 9.03 Å². The molecule has 1 aromatic rings. The van der Waals surface area contributed by atoms with E-state index in [1.807, 2.05) is 31.2 Å². The molecule has 1 N–H and O–H groups in total. The summed E-state index contributed by atoms with van der Waals surface area (Å²) in [4.78, 5) is 0. The average Bonchev–Trinajstić information content (AvgIpc) is 2.53. The van der Waals surface area contributed by atoms with Crippen molar-refractivity contribution in [2.45, 2.75) is 20.8 Å². The molecule has 0 unspecified atom stereocenters. The fourth-order valence-electron chi connectivity index (χ4n) is 2.57. The number of ether oxygens (including phenoxy) is 1. The summed E-state index contributed by atoms with van der Waals surface area (Å²) in [6.07, 6.45) is 0. The van der Waals surface area contributed by atoms with Gasteiger partial charge in [-0.2, -0.15) is 17.4 Å². The van der Waals surface area contributed by atoms with Crippen molar-refractivity contribution in [3.8, 4) is 5.75 Å². The second-order valence-electron chi connectivity index (χ2n) is 6.27. The van der Waals surface area contributed by atoms with Gasteiger partial charge in [0.05, 0.1) is 26.2 Å². The van der Waals surface area contributed by atoms with Gasteiger partial charge in [-0.25, -0.2) is 0 Å². The van der Waals surface area contributed by atoms with Crippen molar-refractivity contribution >= 4 is 10.2 Å². The maximum absolute atomic E-state index is 11.8. The molecule has 0 radical (unpaired) electrons. The number of hydrogen-bond acceptors (Lipinski definition) is 3. The molecule has 0 aliphatic carbocycles. The Labute approximate surface area is 147 Å². The third-order valence-electron chi connectivity index (χ3n) is 4.52. The highest BCUT2D eigenvalue weighted by Crippen LogP contribution is 2.13. The first-order valence-electron chi connectivity index (χ1n) is 8.46. The third-order valence-corrected chi connectivity index (χ3v) is 6.05. The molecular formula is C17H32N3O3S+. The highest BCUT2D eigenvalue weighted by atomic mass is 32.2. The van der Waals surface area contributed by atoms with E-state index in [1.54, 1.807) is 0 Å². The van der Waals surface area contributed by atoms with Crippen molar-refractivity contribution in [1.29, 1.82) is 0 Å². The van der Waals surface area contributed by atoms with Crippen LogP contribution in [0, 0.1) is 6.92 Å². The topological polar surface area (TPSA) is 58.6 Å².